The zero-order valence-electron chi connectivity index (χ0n) is 13.0. The number of para-hydroxylation sites is 1. The lowest BCUT2D eigenvalue weighted by molar-refractivity contribution is -0.163. The summed E-state index contributed by atoms with van der Waals surface area (Å²) in [5, 5.41) is 0. The van der Waals surface area contributed by atoms with Gasteiger partial charge in [0.05, 0.1) is 7.11 Å². The predicted molar refractivity (Wildman–Crippen MR) is 87.4 cm³/mol. The number of nitrogens with two attached hydrogens (primary N) is 1. The number of benzene rings is 2. The Morgan fingerprint density at radius 2 is 1.74 bits per heavy atom. The average molecular weight is 312 g/mol. The topological polar surface area (TPSA) is 64.8 Å². The van der Waals surface area contributed by atoms with E-state index in [1.807, 2.05) is 54.6 Å². The molecule has 0 saturated carbocycles. The van der Waals surface area contributed by atoms with Gasteiger partial charge in [-0.05, 0) is 29.8 Å². The van der Waals surface area contributed by atoms with E-state index in [-0.39, 0.29) is 11.9 Å². The van der Waals surface area contributed by atoms with E-state index in [0.29, 0.717) is 18.8 Å². The molecule has 1 saturated heterocycles. The minimum atomic E-state index is -0.516. The van der Waals surface area contributed by atoms with Crippen molar-refractivity contribution in [2.24, 2.45) is 5.73 Å². The Balaban J connectivity index is 1.83. The molecule has 5 heteroatoms. The quantitative estimate of drug-likeness (QED) is 0.829. The van der Waals surface area contributed by atoms with Crippen LogP contribution in [0.2, 0.25) is 0 Å². The van der Waals surface area contributed by atoms with Gasteiger partial charge in [0.1, 0.15) is 17.5 Å². The maximum atomic E-state index is 12.4. The fourth-order valence-electron chi connectivity index (χ4n) is 2.82. The van der Waals surface area contributed by atoms with Gasteiger partial charge < -0.3 is 20.1 Å². The number of nitrogens with zero attached hydrogens (tertiary/aromatic N) is 1. The van der Waals surface area contributed by atoms with Crippen molar-refractivity contribution >= 4 is 5.91 Å². The first-order valence-corrected chi connectivity index (χ1v) is 7.61. The van der Waals surface area contributed by atoms with E-state index in [9.17, 15) is 4.79 Å². The molecule has 23 heavy (non-hydrogen) atoms. The van der Waals surface area contributed by atoms with E-state index in [2.05, 4.69) is 0 Å². The van der Waals surface area contributed by atoms with Gasteiger partial charge in [-0.3, -0.25) is 4.79 Å². The third-order valence-corrected chi connectivity index (χ3v) is 3.98. The van der Waals surface area contributed by atoms with E-state index < -0.39 is 6.10 Å². The fourth-order valence-corrected chi connectivity index (χ4v) is 2.82. The SMILES string of the molecule is COc1ccc([C@@H]2[C@H](Oc3ccccc3)C(=O)N2CCN)cc1. The van der Waals surface area contributed by atoms with Crippen LogP contribution in [0.25, 0.3) is 0 Å². The second-order valence-electron chi connectivity index (χ2n) is 5.39. The highest BCUT2D eigenvalue weighted by molar-refractivity contribution is 5.89. The van der Waals surface area contributed by atoms with E-state index >= 15 is 0 Å². The minimum Gasteiger partial charge on any atom is -0.497 e. The summed E-state index contributed by atoms with van der Waals surface area (Å²) in [6, 6.07) is 17.0. The molecule has 0 aromatic heterocycles. The molecule has 1 amide bonds. The van der Waals surface area contributed by atoms with Crippen molar-refractivity contribution in [1.29, 1.82) is 0 Å². The predicted octanol–water partition coefficient (Wildman–Crippen LogP) is 1.98. The van der Waals surface area contributed by atoms with Crippen molar-refractivity contribution in [3.05, 3.63) is 60.2 Å². The van der Waals surface area contributed by atoms with Crippen LogP contribution in [-0.2, 0) is 4.79 Å². The standard InChI is InChI=1S/C18H20N2O3/c1-22-14-9-7-13(8-10-14)16-17(18(21)20(16)12-11-19)23-15-5-3-2-4-6-15/h2-10,16-17H,11-12,19H2,1H3/t16-,17+/m1/s1. The largest absolute Gasteiger partial charge is 0.497 e. The van der Waals surface area contributed by atoms with Crippen LogP contribution in [-0.4, -0.2) is 37.1 Å². The lowest BCUT2D eigenvalue weighted by Gasteiger charge is -2.46. The number of likely N-dealkylation sites (tertiary alicyclic amines) is 1. The molecular weight excluding hydrogens is 292 g/mol. The van der Waals surface area contributed by atoms with Crippen LogP contribution in [0.15, 0.2) is 54.6 Å². The van der Waals surface area contributed by atoms with Gasteiger partial charge in [-0.2, -0.15) is 0 Å². The molecule has 3 rings (SSSR count). The van der Waals surface area contributed by atoms with Crippen LogP contribution < -0.4 is 15.2 Å². The minimum absolute atomic E-state index is 0.0277. The van der Waals surface area contributed by atoms with Crippen molar-refractivity contribution in [2.75, 3.05) is 20.2 Å². The molecule has 1 aliphatic heterocycles. The summed E-state index contributed by atoms with van der Waals surface area (Å²) in [5.74, 6) is 1.45. The van der Waals surface area contributed by atoms with Crippen LogP contribution in [0.5, 0.6) is 11.5 Å². The van der Waals surface area contributed by atoms with Crippen LogP contribution in [0.1, 0.15) is 11.6 Å². The summed E-state index contributed by atoms with van der Waals surface area (Å²) < 4.78 is 11.1. The molecule has 5 nitrogen and oxygen atoms in total. The molecule has 2 aromatic rings. The summed E-state index contributed by atoms with van der Waals surface area (Å²) >= 11 is 0. The summed E-state index contributed by atoms with van der Waals surface area (Å²) in [6.45, 7) is 0.945. The molecule has 0 radical (unpaired) electrons. The highest BCUT2D eigenvalue weighted by Gasteiger charge is 2.49. The monoisotopic (exact) mass is 312 g/mol. The molecular formula is C18H20N2O3. The van der Waals surface area contributed by atoms with E-state index in [1.165, 1.54) is 0 Å². The second kappa shape index (κ2) is 6.71. The number of rotatable bonds is 6. The molecule has 0 spiro atoms. The Bertz CT molecular complexity index is 658. The van der Waals surface area contributed by atoms with E-state index in [4.69, 9.17) is 15.2 Å². The van der Waals surface area contributed by atoms with Crippen molar-refractivity contribution < 1.29 is 14.3 Å². The van der Waals surface area contributed by atoms with Crippen molar-refractivity contribution in [3.63, 3.8) is 0 Å². The molecule has 2 N–H and O–H groups in total. The van der Waals surface area contributed by atoms with Gasteiger partial charge in [-0.1, -0.05) is 30.3 Å². The van der Waals surface area contributed by atoms with Gasteiger partial charge in [0.2, 0.25) is 6.10 Å². The number of carbonyl (C=O) groups excluding carboxylic acids is 1. The van der Waals surface area contributed by atoms with Gasteiger partial charge in [0, 0.05) is 13.1 Å². The van der Waals surface area contributed by atoms with Gasteiger partial charge in [0.15, 0.2) is 0 Å². The normalized spacial score (nSPS) is 20.1. The molecule has 1 aliphatic rings. The summed E-state index contributed by atoms with van der Waals surface area (Å²) in [5.41, 5.74) is 6.64. The summed E-state index contributed by atoms with van der Waals surface area (Å²) in [7, 11) is 1.63. The van der Waals surface area contributed by atoms with Crippen molar-refractivity contribution in [2.45, 2.75) is 12.1 Å². The van der Waals surface area contributed by atoms with Gasteiger partial charge in [0.25, 0.3) is 5.91 Å². The molecule has 0 bridgehead atoms. The zero-order valence-corrected chi connectivity index (χ0v) is 13.0. The van der Waals surface area contributed by atoms with Crippen LogP contribution in [0.4, 0.5) is 0 Å². The van der Waals surface area contributed by atoms with Crippen LogP contribution >= 0.6 is 0 Å². The highest BCUT2D eigenvalue weighted by Crippen LogP contribution is 2.37. The Morgan fingerprint density at radius 3 is 2.35 bits per heavy atom. The first kappa shape index (κ1) is 15.4. The number of carbonyl (C=O) groups is 1. The maximum Gasteiger partial charge on any atom is 0.266 e. The number of β-lactam (4-membered cyclic amide) rings is 1. The number of methoxy groups -OCH3 is 1. The zero-order chi connectivity index (χ0) is 16.2. The summed E-state index contributed by atoms with van der Waals surface area (Å²) in [6.07, 6.45) is -0.516. The number of ether oxygens (including phenoxy) is 2. The Morgan fingerprint density at radius 1 is 1.04 bits per heavy atom. The molecule has 1 fully saturated rings. The maximum absolute atomic E-state index is 12.4. The van der Waals surface area contributed by atoms with Gasteiger partial charge in [-0.25, -0.2) is 0 Å². The Labute approximate surface area is 135 Å². The van der Waals surface area contributed by atoms with Crippen molar-refractivity contribution in [3.8, 4) is 11.5 Å². The second-order valence-corrected chi connectivity index (χ2v) is 5.39. The summed E-state index contributed by atoms with van der Waals surface area (Å²) in [4.78, 5) is 14.1. The molecule has 0 unspecified atom stereocenters. The third kappa shape index (κ3) is 3.00. The third-order valence-electron chi connectivity index (χ3n) is 3.98. The number of hydrogen-bond acceptors (Lipinski definition) is 4. The first-order valence-electron chi connectivity index (χ1n) is 7.61. The molecule has 0 aliphatic carbocycles. The lowest BCUT2D eigenvalue weighted by Crippen LogP contribution is -2.62. The lowest BCUT2D eigenvalue weighted by atomic mass is 9.90. The first-order chi connectivity index (χ1) is 11.2. The average Bonchev–Trinajstić information content (AvgIpc) is 2.61. The van der Waals surface area contributed by atoms with E-state index in [0.717, 1.165) is 11.3 Å². The van der Waals surface area contributed by atoms with Crippen LogP contribution in [0, 0.1) is 0 Å². The highest BCUT2D eigenvalue weighted by atomic mass is 16.5. The molecule has 2 aromatic carbocycles. The van der Waals surface area contributed by atoms with Crippen LogP contribution in [0.3, 0.4) is 0 Å². The molecule has 120 valence electrons. The van der Waals surface area contributed by atoms with Crippen molar-refractivity contribution in [1.82, 2.24) is 4.90 Å². The molecule has 1 heterocycles. The Hall–Kier alpha value is -2.53. The number of amides is 1. The fraction of sp³-hybridized carbons (Fsp3) is 0.278. The van der Waals surface area contributed by atoms with E-state index in [1.54, 1.807) is 12.0 Å². The number of hydrogen-bond donors (Lipinski definition) is 1. The van der Waals surface area contributed by atoms with Gasteiger partial charge in [-0.15, -0.1) is 0 Å². The van der Waals surface area contributed by atoms with Gasteiger partial charge >= 0.3 is 0 Å². The molecule has 2 atom stereocenters. The Kier molecular flexibility index (Phi) is 4.48. The smallest absolute Gasteiger partial charge is 0.266 e.